The van der Waals surface area contributed by atoms with Crippen LogP contribution in [0, 0.1) is 12.3 Å². The molecule has 0 atom stereocenters. The van der Waals surface area contributed by atoms with Crippen LogP contribution in [0.2, 0.25) is 0 Å². The lowest BCUT2D eigenvalue weighted by Gasteiger charge is -2.22. The minimum absolute atomic E-state index is 0.236. The third-order valence-corrected chi connectivity index (χ3v) is 1.84. The summed E-state index contributed by atoms with van der Waals surface area (Å²) >= 11 is 0. The van der Waals surface area contributed by atoms with E-state index in [1.54, 1.807) is 0 Å². The van der Waals surface area contributed by atoms with E-state index < -0.39 is 0 Å². The fraction of sp³-hybridized carbons (Fsp3) is 0.625. The van der Waals surface area contributed by atoms with Gasteiger partial charge in [0.05, 0.1) is 0 Å². The van der Waals surface area contributed by atoms with Gasteiger partial charge in [-0.1, -0.05) is 32.9 Å². The second-order valence-electron chi connectivity index (χ2n) is 2.84. The van der Waals surface area contributed by atoms with E-state index in [4.69, 9.17) is 0 Å². The third-order valence-electron chi connectivity index (χ3n) is 1.84. The monoisotopic (exact) mass is 111 g/mol. The van der Waals surface area contributed by atoms with Gasteiger partial charge in [-0.2, -0.15) is 0 Å². The molecule has 0 aromatic carbocycles. The lowest BCUT2D eigenvalue weighted by Crippen LogP contribution is -2.09. The van der Waals surface area contributed by atoms with Crippen LogP contribution in [0.5, 0.6) is 0 Å². The van der Waals surface area contributed by atoms with E-state index in [2.05, 4.69) is 34.3 Å². The molecule has 0 amide bonds. The first-order valence-electron chi connectivity index (χ1n) is 3.02. The van der Waals surface area contributed by atoms with Crippen LogP contribution in [0.4, 0.5) is 0 Å². The molecule has 0 aromatic rings. The van der Waals surface area contributed by atoms with Gasteiger partial charge in [0.25, 0.3) is 0 Å². The molecular weight excluding hydrogens is 96.1 g/mol. The Balaban J connectivity index is 3.91. The van der Waals surface area contributed by atoms with Crippen molar-refractivity contribution >= 4 is 0 Å². The number of hydrogen-bond acceptors (Lipinski definition) is 0. The van der Waals surface area contributed by atoms with Crippen molar-refractivity contribution in [2.75, 3.05) is 0 Å². The molecule has 0 saturated carbocycles. The average molecular weight is 111 g/mol. The summed E-state index contributed by atoms with van der Waals surface area (Å²) in [4.78, 5) is 0. The Morgan fingerprint density at radius 3 is 1.88 bits per heavy atom. The van der Waals surface area contributed by atoms with Gasteiger partial charge in [0.1, 0.15) is 0 Å². The predicted octanol–water partition coefficient (Wildman–Crippen LogP) is 2.81. The summed E-state index contributed by atoms with van der Waals surface area (Å²) in [5, 5.41) is 0. The second-order valence-corrected chi connectivity index (χ2v) is 2.84. The SMILES string of the molecule is [CH2]C(=C)C(C)(C)CC. The molecule has 0 aliphatic carbocycles. The van der Waals surface area contributed by atoms with Crippen LogP contribution in [0.3, 0.4) is 0 Å². The van der Waals surface area contributed by atoms with Gasteiger partial charge >= 0.3 is 0 Å². The number of allylic oxidation sites excluding steroid dienone is 1. The maximum absolute atomic E-state index is 3.79. The molecule has 0 aromatic heterocycles. The van der Waals surface area contributed by atoms with Gasteiger partial charge in [-0.05, 0) is 18.8 Å². The largest absolute Gasteiger partial charge is 0.0993 e. The zero-order valence-corrected chi connectivity index (χ0v) is 6.12. The Kier molecular flexibility index (Phi) is 2.26. The lowest BCUT2D eigenvalue weighted by molar-refractivity contribution is 0.440. The molecule has 0 nitrogen and oxygen atoms in total. The van der Waals surface area contributed by atoms with Crippen molar-refractivity contribution in [2.24, 2.45) is 5.41 Å². The fourth-order valence-corrected chi connectivity index (χ4v) is 0.250. The van der Waals surface area contributed by atoms with Crippen molar-refractivity contribution < 1.29 is 0 Å². The summed E-state index contributed by atoms with van der Waals surface area (Å²) in [6, 6.07) is 0. The normalized spacial score (nSPS) is 11.5. The van der Waals surface area contributed by atoms with Crippen molar-refractivity contribution in [3.8, 4) is 0 Å². The van der Waals surface area contributed by atoms with E-state index in [0.717, 1.165) is 12.0 Å². The highest BCUT2D eigenvalue weighted by Gasteiger charge is 2.14. The van der Waals surface area contributed by atoms with Crippen molar-refractivity contribution in [3.63, 3.8) is 0 Å². The standard InChI is InChI=1S/C8H15/c1-6-8(4,5)7(2)3/h2-3,6H2,1,4-5H3. The summed E-state index contributed by atoms with van der Waals surface area (Å²) in [6.45, 7) is 14.0. The first kappa shape index (κ1) is 7.74. The molecule has 8 heavy (non-hydrogen) atoms. The molecular formula is C8H15. The van der Waals surface area contributed by atoms with Gasteiger partial charge in [0.2, 0.25) is 0 Å². The van der Waals surface area contributed by atoms with Crippen molar-refractivity contribution in [2.45, 2.75) is 27.2 Å². The first-order valence-corrected chi connectivity index (χ1v) is 3.02. The Morgan fingerprint density at radius 2 is 1.88 bits per heavy atom. The summed E-state index contributed by atoms with van der Waals surface area (Å²) in [5.41, 5.74) is 1.26. The van der Waals surface area contributed by atoms with Crippen LogP contribution in [0.25, 0.3) is 0 Å². The van der Waals surface area contributed by atoms with Gasteiger partial charge < -0.3 is 0 Å². The molecule has 0 spiro atoms. The molecule has 0 unspecified atom stereocenters. The van der Waals surface area contributed by atoms with E-state index in [1.165, 1.54) is 0 Å². The molecule has 0 saturated heterocycles. The third kappa shape index (κ3) is 1.69. The molecule has 0 rings (SSSR count). The second kappa shape index (κ2) is 2.34. The van der Waals surface area contributed by atoms with E-state index >= 15 is 0 Å². The van der Waals surface area contributed by atoms with Crippen LogP contribution < -0.4 is 0 Å². The van der Waals surface area contributed by atoms with E-state index in [9.17, 15) is 0 Å². The molecule has 0 heteroatoms. The lowest BCUT2D eigenvalue weighted by atomic mass is 9.84. The molecule has 0 bridgehead atoms. The van der Waals surface area contributed by atoms with Gasteiger partial charge in [0, 0.05) is 0 Å². The quantitative estimate of drug-likeness (QED) is 0.514. The molecule has 0 heterocycles. The van der Waals surface area contributed by atoms with Crippen LogP contribution in [0.1, 0.15) is 27.2 Å². The smallest absolute Gasteiger partial charge is 0.0150 e. The van der Waals surface area contributed by atoms with Crippen molar-refractivity contribution in [1.82, 2.24) is 0 Å². The van der Waals surface area contributed by atoms with Crippen LogP contribution >= 0.6 is 0 Å². The van der Waals surface area contributed by atoms with Gasteiger partial charge in [0.15, 0.2) is 0 Å². The summed E-state index contributed by atoms with van der Waals surface area (Å²) in [5.74, 6) is 0. The fourth-order valence-electron chi connectivity index (χ4n) is 0.250. The maximum atomic E-state index is 3.79. The average Bonchev–Trinajstić information content (AvgIpc) is 1.67. The summed E-state index contributed by atoms with van der Waals surface area (Å²) in [7, 11) is 0. The Hall–Kier alpha value is -0.260. The molecule has 0 N–H and O–H groups in total. The molecule has 0 fully saturated rings. The van der Waals surface area contributed by atoms with Crippen LogP contribution in [0.15, 0.2) is 12.2 Å². The zero-order valence-electron chi connectivity index (χ0n) is 6.12. The minimum atomic E-state index is 0.236. The predicted molar refractivity (Wildman–Crippen MR) is 38.6 cm³/mol. The highest BCUT2D eigenvalue weighted by atomic mass is 14.2. The number of hydrogen-bond donors (Lipinski definition) is 0. The summed E-state index contributed by atoms with van der Waals surface area (Å²) < 4.78 is 0. The van der Waals surface area contributed by atoms with Crippen LogP contribution in [-0.4, -0.2) is 0 Å². The van der Waals surface area contributed by atoms with Crippen molar-refractivity contribution in [3.05, 3.63) is 19.1 Å². The highest BCUT2D eigenvalue weighted by molar-refractivity contribution is 5.08. The van der Waals surface area contributed by atoms with Gasteiger partial charge in [-0.15, -0.1) is 0 Å². The van der Waals surface area contributed by atoms with Gasteiger partial charge in [-0.3, -0.25) is 0 Å². The van der Waals surface area contributed by atoms with E-state index in [-0.39, 0.29) is 5.41 Å². The molecule has 0 aliphatic heterocycles. The van der Waals surface area contributed by atoms with E-state index in [0.29, 0.717) is 0 Å². The Morgan fingerprint density at radius 1 is 1.50 bits per heavy atom. The minimum Gasteiger partial charge on any atom is -0.0993 e. The van der Waals surface area contributed by atoms with Crippen molar-refractivity contribution in [1.29, 1.82) is 0 Å². The Bertz CT molecular complexity index is 88.2. The molecule has 0 aliphatic rings. The zero-order chi connectivity index (χ0) is 6.78. The molecule has 47 valence electrons. The maximum Gasteiger partial charge on any atom is -0.0150 e. The topological polar surface area (TPSA) is 0 Å². The number of rotatable bonds is 2. The summed E-state index contributed by atoms with van der Waals surface area (Å²) in [6.07, 6.45) is 1.12. The Labute approximate surface area is 52.6 Å². The highest BCUT2D eigenvalue weighted by Crippen LogP contribution is 2.26. The first-order chi connectivity index (χ1) is 3.50. The van der Waals surface area contributed by atoms with Gasteiger partial charge in [-0.25, -0.2) is 0 Å². The van der Waals surface area contributed by atoms with E-state index in [1.807, 2.05) is 0 Å². The van der Waals surface area contributed by atoms with Crippen LogP contribution in [-0.2, 0) is 0 Å². The molecule has 1 radical (unpaired) electrons.